The molecule has 0 radical (unpaired) electrons. The van der Waals surface area contributed by atoms with Crippen LogP contribution in [0.4, 0.5) is 0 Å². The Hall–Kier alpha value is -2.75. The molecule has 0 aliphatic rings. The number of benzene rings is 1. The van der Waals surface area contributed by atoms with Crippen LogP contribution < -0.4 is 5.73 Å². The zero-order valence-corrected chi connectivity index (χ0v) is 12.9. The fraction of sp³-hybridized carbons (Fsp3) is 0.235. The summed E-state index contributed by atoms with van der Waals surface area (Å²) in [5, 5.41) is 8.81. The quantitative estimate of drug-likeness (QED) is 0.771. The Kier molecular flexibility index (Phi) is 4.06. The van der Waals surface area contributed by atoms with E-state index in [1.807, 2.05) is 37.3 Å². The summed E-state index contributed by atoms with van der Waals surface area (Å²) in [5.74, 6) is 0.699. The van der Waals surface area contributed by atoms with Gasteiger partial charge in [0.05, 0.1) is 23.2 Å². The number of hydrogen-bond acceptors (Lipinski definition) is 5. The zero-order chi connectivity index (χ0) is 16.4. The van der Waals surface area contributed by atoms with Gasteiger partial charge in [-0.25, -0.2) is 9.97 Å². The molecular weight excluding hydrogens is 290 g/mol. The largest absolute Gasteiger partial charge is 0.380 e. The third kappa shape index (κ3) is 2.93. The van der Waals surface area contributed by atoms with Crippen LogP contribution >= 0.6 is 0 Å². The minimum absolute atomic E-state index is 0.127. The van der Waals surface area contributed by atoms with E-state index in [9.17, 15) is 0 Å². The lowest BCUT2D eigenvalue weighted by molar-refractivity contribution is 0.0935. The number of methoxy groups -OCH3 is 1. The van der Waals surface area contributed by atoms with Crippen molar-refractivity contribution in [2.75, 3.05) is 7.11 Å². The highest BCUT2D eigenvalue weighted by molar-refractivity contribution is 5.81. The summed E-state index contributed by atoms with van der Waals surface area (Å²) >= 11 is 0. The van der Waals surface area contributed by atoms with E-state index in [2.05, 4.69) is 15.0 Å². The number of aromatic amines is 1. The van der Waals surface area contributed by atoms with Gasteiger partial charge in [-0.3, -0.25) is 0 Å². The molecule has 3 aromatic rings. The van der Waals surface area contributed by atoms with Gasteiger partial charge < -0.3 is 15.5 Å². The van der Waals surface area contributed by atoms with Crippen LogP contribution in [0.25, 0.3) is 22.2 Å². The SMILES string of the molecule is COC(C)C(N)c1nc2ccc(-c3ccc(C#N)nc3)cc2[nH]1. The summed E-state index contributed by atoms with van der Waals surface area (Å²) in [6, 6.07) is 11.2. The van der Waals surface area contributed by atoms with E-state index < -0.39 is 0 Å². The van der Waals surface area contributed by atoms with E-state index in [4.69, 9.17) is 15.7 Å². The molecule has 6 nitrogen and oxygen atoms in total. The number of hydrogen-bond donors (Lipinski definition) is 2. The summed E-state index contributed by atoms with van der Waals surface area (Å²) in [6.45, 7) is 1.91. The van der Waals surface area contributed by atoms with Crippen molar-refractivity contribution in [2.24, 2.45) is 5.73 Å². The Balaban J connectivity index is 1.97. The van der Waals surface area contributed by atoms with E-state index in [1.165, 1.54) is 0 Å². The number of imidazole rings is 1. The molecule has 6 heteroatoms. The number of nitriles is 1. The van der Waals surface area contributed by atoms with Crippen molar-refractivity contribution in [3.05, 3.63) is 48.0 Å². The smallest absolute Gasteiger partial charge is 0.140 e. The molecule has 0 fully saturated rings. The number of nitrogens with one attached hydrogen (secondary N) is 1. The number of nitrogens with zero attached hydrogens (tertiary/aromatic N) is 3. The normalized spacial score (nSPS) is 13.7. The molecule has 3 rings (SSSR count). The lowest BCUT2D eigenvalue weighted by atomic mass is 10.1. The van der Waals surface area contributed by atoms with Crippen LogP contribution in [0.2, 0.25) is 0 Å². The summed E-state index contributed by atoms with van der Waals surface area (Å²) in [6.07, 6.45) is 1.56. The highest BCUT2D eigenvalue weighted by Crippen LogP contribution is 2.24. The summed E-state index contributed by atoms with van der Waals surface area (Å²) in [4.78, 5) is 11.9. The van der Waals surface area contributed by atoms with Gasteiger partial charge in [0.25, 0.3) is 0 Å². The number of aromatic nitrogens is 3. The van der Waals surface area contributed by atoms with Crippen LogP contribution in [-0.2, 0) is 4.74 Å². The average molecular weight is 307 g/mol. The predicted molar refractivity (Wildman–Crippen MR) is 87.4 cm³/mol. The molecule has 0 amide bonds. The van der Waals surface area contributed by atoms with Gasteiger partial charge in [0.15, 0.2) is 0 Å². The lowest BCUT2D eigenvalue weighted by Crippen LogP contribution is -2.26. The maximum Gasteiger partial charge on any atom is 0.140 e. The first-order valence-corrected chi connectivity index (χ1v) is 7.27. The van der Waals surface area contributed by atoms with Gasteiger partial charge in [0, 0.05) is 18.9 Å². The summed E-state index contributed by atoms with van der Waals surface area (Å²) in [5.41, 5.74) is 10.2. The van der Waals surface area contributed by atoms with Gasteiger partial charge in [0.2, 0.25) is 0 Å². The van der Waals surface area contributed by atoms with Crippen molar-refractivity contribution in [1.29, 1.82) is 5.26 Å². The fourth-order valence-corrected chi connectivity index (χ4v) is 2.37. The first-order valence-electron chi connectivity index (χ1n) is 7.27. The zero-order valence-electron chi connectivity index (χ0n) is 12.9. The van der Waals surface area contributed by atoms with Crippen molar-refractivity contribution in [2.45, 2.75) is 19.1 Å². The highest BCUT2D eigenvalue weighted by Gasteiger charge is 2.18. The van der Waals surface area contributed by atoms with Gasteiger partial charge in [-0.1, -0.05) is 6.07 Å². The monoisotopic (exact) mass is 307 g/mol. The van der Waals surface area contributed by atoms with Crippen LogP contribution in [0.1, 0.15) is 24.5 Å². The maximum absolute atomic E-state index is 8.81. The topological polar surface area (TPSA) is 101 Å². The van der Waals surface area contributed by atoms with E-state index >= 15 is 0 Å². The lowest BCUT2D eigenvalue weighted by Gasteiger charge is -2.15. The number of nitrogens with two attached hydrogens (primary N) is 1. The Morgan fingerprint density at radius 2 is 2.04 bits per heavy atom. The van der Waals surface area contributed by atoms with Crippen molar-refractivity contribution in [3.8, 4) is 17.2 Å². The molecular formula is C17H17N5O. The standard InChI is InChI=1S/C17H17N5O/c1-10(23-2)16(19)17-21-14-6-4-11(7-15(14)22-17)12-3-5-13(8-18)20-9-12/h3-7,9-10,16H,19H2,1-2H3,(H,21,22). The van der Waals surface area contributed by atoms with Gasteiger partial charge in [-0.2, -0.15) is 5.26 Å². The molecule has 1 aromatic carbocycles. The Morgan fingerprint density at radius 3 is 2.70 bits per heavy atom. The molecule has 23 heavy (non-hydrogen) atoms. The van der Waals surface area contributed by atoms with Gasteiger partial charge in [0.1, 0.15) is 17.6 Å². The summed E-state index contributed by atoms with van der Waals surface area (Å²) in [7, 11) is 1.63. The van der Waals surface area contributed by atoms with Crippen LogP contribution in [0.3, 0.4) is 0 Å². The van der Waals surface area contributed by atoms with E-state index in [0.29, 0.717) is 11.5 Å². The Bertz CT molecular complexity index is 863. The molecule has 0 aliphatic heterocycles. The second-order valence-corrected chi connectivity index (χ2v) is 5.36. The molecule has 0 saturated heterocycles. The molecule has 0 bridgehead atoms. The average Bonchev–Trinajstić information content (AvgIpc) is 3.03. The number of H-pyrrole nitrogens is 1. The number of pyridine rings is 1. The Labute approximate surface area is 133 Å². The molecule has 0 saturated carbocycles. The van der Waals surface area contributed by atoms with Crippen molar-refractivity contribution >= 4 is 11.0 Å². The first kappa shape index (κ1) is 15.2. The number of fused-ring (bicyclic) bond motifs is 1. The first-order chi connectivity index (χ1) is 11.1. The number of rotatable bonds is 4. The molecule has 2 unspecified atom stereocenters. The second-order valence-electron chi connectivity index (χ2n) is 5.36. The highest BCUT2D eigenvalue weighted by atomic mass is 16.5. The molecule has 2 heterocycles. The fourth-order valence-electron chi connectivity index (χ4n) is 2.37. The van der Waals surface area contributed by atoms with E-state index in [1.54, 1.807) is 19.4 Å². The van der Waals surface area contributed by atoms with Gasteiger partial charge >= 0.3 is 0 Å². The molecule has 3 N–H and O–H groups in total. The predicted octanol–water partition coefficient (Wildman–Crippen LogP) is 2.53. The maximum atomic E-state index is 8.81. The van der Waals surface area contributed by atoms with E-state index in [0.717, 1.165) is 22.2 Å². The molecule has 2 atom stereocenters. The molecule has 116 valence electrons. The molecule has 2 aromatic heterocycles. The molecule has 0 aliphatic carbocycles. The Morgan fingerprint density at radius 1 is 1.26 bits per heavy atom. The van der Waals surface area contributed by atoms with Crippen molar-refractivity contribution in [1.82, 2.24) is 15.0 Å². The minimum Gasteiger partial charge on any atom is -0.380 e. The van der Waals surface area contributed by atoms with Crippen LogP contribution in [0.5, 0.6) is 0 Å². The van der Waals surface area contributed by atoms with Gasteiger partial charge in [-0.05, 0) is 36.8 Å². The van der Waals surface area contributed by atoms with Crippen LogP contribution in [0.15, 0.2) is 36.5 Å². The molecule has 0 spiro atoms. The third-order valence-electron chi connectivity index (χ3n) is 3.90. The van der Waals surface area contributed by atoms with E-state index in [-0.39, 0.29) is 12.1 Å². The van der Waals surface area contributed by atoms with Crippen molar-refractivity contribution in [3.63, 3.8) is 0 Å². The minimum atomic E-state index is -0.313. The van der Waals surface area contributed by atoms with Gasteiger partial charge in [-0.15, -0.1) is 0 Å². The van der Waals surface area contributed by atoms with Crippen LogP contribution in [-0.4, -0.2) is 28.2 Å². The third-order valence-corrected chi connectivity index (χ3v) is 3.90. The van der Waals surface area contributed by atoms with Crippen molar-refractivity contribution < 1.29 is 4.74 Å². The second kappa shape index (κ2) is 6.16. The van der Waals surface area contributed by atoms with Crippen LogP contribution in [0, 0.1) is 11.3 Å². The summed E-state index contributed by atoms with van der Waals surface area (Å²) < 4.78 is 5.26. The number of ether oxygens (including phenoxy) is 1.